The zero-order valence-corrected chi connectivity index (χ0v) is 18.0. The summed E-state index contributed by atoms with van der Waals surface area (Å²) in [6.07, 6.45) is 0.291. The molecule has 1 aromatic heterocycles. The van der Waals surface area contributed by atoms with Crippen molar-refractivity contribution in [2.45, 2.75) is 33.1 Å². The normalized spacial score (nSPS) is 10.8. The standard InChI is InChI=1S/C23H25N5O4/c1-12(2)17-9-8-16(10-13(17)3)25-23(32)28-21-19(20(24)29)26-18(27-21)11-14-4-6-15(7-5-14)22(30)31/h4-10,12H,11H2,1-3H3,(H2,24,29)(H,26,27)(H,30,31)(H2,25,28,32). The Morgan fingerprint density at radius 2 is 1.78 bits per heavy atom. The highest BCUT2D eigenvalue weighted by Crippen LogP contribution is 2.22. The number of urea groups is 1. The second-order valence-electron chi connectivity index (χ2n) is 7.76. The summed E-state index contributed by atoms with van der Waals surface area (Å²) in [6.45, 7) is 6.18. The number of rotatable bonds is 7. The Kier molecular flexibility index (Phi) is 6.58. The third-order valence-electron chi connectivity index (χ3n) is 4.95. The van der Waals surface area contributed by atoms with Crippen molar-refractivity contribution in [2.75, 3.05) is 10.6 Å². The quantitative estimate of drug-likeness (QED) is 0.382. The number of carbonyl (C=O) groups is 3. The van der Waals surface area contributed by atoms with Gasteiger partial charge in [-0.1, -0.05) is 32.0 Å². The van der Waals surface area contributed by atoms with Gasteiger partial charge in [0.2, 0.25) is 0 Å². The number of aromatic carboxylic acids is 1. The highest BCUT2D eigenvalue weighted by molar-refractivity contribution is 6.04. The molecule has 3 rings (SSSR count). The molecule has 3 amide bonds. The minimum atomic E-state index is -1.02. The Bertz CT molecular complexity index is 1170. The number of carboxylic acids is 1. The SMILES string of the molecule is Cc1cc(NC(=O)Nc2[nH]c(Cc3ccc(C(=O)O)cc3)nc2C(N)=O)ccc1C(C)C. The van der Waals surface area contributed by atoms with E-state index in [1.807, 2.05) is 25.1 Å². The van der Waals surface area contributed by atoms with Gasteiger partial charge < -0.3 is 21.1 Å². The molecular weight excluding hydrogens is 410 g/mol. The van der Waals surface area contributed by atoms with Crippen molar-refractivity contribution in [1.29, 1.82) is 0 Å². The van der Waals surface area contributed by atoms with Crippen LogP contribution in [-0.2, 0) is 6.42 Å². The third-order valence-corrected chi connectivity index (χ3v) is 4.95. The number of hydrogen-bond donors (Lipinski definition) is 5. The van der Waals surface area contributed by atoms with E-state index in [0.717, 1.165) is 11.1 Å². The van der Waals surface area contributed by atoms with Crippen LogP contribution in [0.2, 0.25) is 0 Å². The summed E-state index contributed by atoms with van der Waals surface area (Å²) in [5.74, 6) is -0.949. The summed E-state index contributed by atoms with van der Waals surface area (Å²) < 4.78 is 0. The second kappa shape index (κ2) is 9.34. The molecule has 0 saturated heterocycles. The number of imidazole rings is 1. The fourth-order valence-electron chi connectivity index (χ4n) is 3.41. The number of carboxylic acid groups (broad SMARTS) is 1. The molecule has 0 fully saturated rings. The van der Waals surface area contributed by atoms with E-state index in [1.165, 1.54) is 17.7 Å². The molecule has 0 bridgehead atoms. The number of nitrogens with zero attached hydrogens (tertiary/aromatic N) is 1. The lowest BCUT2D eigenvalue weighted by Crippen LogP contribution is -2.22. The van der Waals surface area contributed by atoms with Crippen LogP contribution in [0.15, 0.2) is 42.5 Å². The highest BCUT2D eigenvalue weighted by Gasteiger charge is 2.18. The first-order valence-electron chi connectivity index (χ1n) is 10.0. The van der Waals surface area contributed by atoms with E-state index in [4.69, 9.17) is 10.8 Å². The van der Waals surface area contributed by atoms with Gasteiger partial charge in [0, 0.05) is 12.1 Å². The number of amides is 3. The van der Waals surface area contributed by atoms with E-state index in [-0.39, 0.29) is 17.1 Å². The average molecular weight is 435 g/mol. The molecule has 0 saturated carbocycles. The number of nitrogens with one attached hydrogen (secondary N) is 3. The lowest BCUT2D eigenvalue weighted by Gasteiger charge is -2.12. The summed E-state index contributed by atoms with van der Waals surface area (Å²) in [4.78, 5) is 42.3. The Morgan fingerprint density at radius 3 is 2.34 bits per heavy atom. The number of hydrogen-bond acceptors (Lipinski definition) is 4. The van der Waals surface area contributed by atoms with Gasteiger partial charge in [0.05, 0.1) is 5.56 Å². The predicted octanol–water partition coefficient (Wildman–Crippen LogP) is 3.87. The van der Waals surface area contributed by atoms with Gasteiger partial charge in [-0.2, -0.15) is 0 Å². The number of benzene rings is 2. The lowest BCUT2D eigenvalue weighted by atomic mass is 9.98. The van der Waals surface area contributed by atoms with E-state index >= 15 is 0 Å². The minimum absolute atomic E-state index is 0.0858. The minimum Gasteiger partial charge on any atom is -0.478 e. The van der Waals surface area contributed by atoms with Crippen LogP contribution < -0.4 is 16.4 Å². The maximum Gasteiger partial charge on any atom is 0.335 e. The van der Waals surface area contributed by atoms with E-state index in [0.29, 0.717) is 23.9 Å². The van der Waals surface area contributed by atoms with E-state index in [2.05, 4.69) is 34.4 Å². The Labute approximate surface area is 185 Å². The lowest BCUT2D eigenvalue weighted by molar-refractivity contribution is 0.0696. The zero-order chi connectivity index (χ0) is 23.4. The van der Waals surface area contributed by atoms with Crippen molar-refractivity contribution in [2.24, 2.45) is 5.73 Å². The summed E-state index contributed by atoms with van der Waals surface area (Å²) in [5.41, 5.74) is 9.13. The molecule has 2 aromatic carbocycles. The van der Waals surface area contributed by atoms with Crippen LogP contribution in [0.5, 0.6) is 0 Å². The molecule has 0 aliphatic carbocycles. The maximum absolute atomic E-state index is 12.5. The molecule has 0 radical (unpaired) electrons. The Balaban J connectivity index is 1.73. The van der Waals surface area contributed by atoms with Crippen molar-refractivity contribution in [3.63, 3.8) is 0 Å². The molecule has 1 heterocycles. The largest absolute Gasteiger partial charge is 0.478 e. The topological polar surface area (TPSA) is 150 Å². The number of carbonyl (C=O) groups excluding carboxylic acids is 2. The van der Waals surface area contributed by atoms with Crippen molar-refractivity contribution in [3.8, 4) is 0 Å². The predicted molar refractivity (Wildman–Crippen MR) is 121 cm³/mol. The molecule has 0 atom stereocenters. The van der Waals surface area contributed by atoms with Crippen LogP contribution in [-0.4, -0.2) is 33.0 Å². The van der Waals surface area contributed by atoms with Crippen molar-refractivity contribution in [1.82, 2.24) is 9.97 Å². The number of primary amides is 1. The first kappa shape index (κ1) is 22.5. The zero-order valence-electron chi connectivity index (χ0n) is 18.0. The number of H-pyrrole nitrogens is 1. The van der Waals surface area contributed by atoms with Crippen LogP contribution in [0.25, 0.3) is 0 Å². The van der Waals surface area contributed by atoms with E-state index in [1.54, 1.807) is 12.1 Å². The smallest absolute Gasteiger partial charge is 0.335 e. The van der Waals surface area contributed by atoms with Gasteiger partial charge in [-0.15, -0.1) is 0 Å². The van der Waals surface area contributed by atoms with Gasteiger partial charge in [-0.3, -0.25) is 10.1 Å². The fraction of sp³-hybridized carbons (Fsp3) is 0.217. The van der Waals surface area contributed by atoms with E-state index < -0.39 is 17.9 Å². The van der Waals surface area contributed by atoms with Crippen LogP contribution in [0.3, 0.4) is 0 Å². The molecule has 0 spiro atoms. The summed E-state index contributed by atoms with van der Waals surface area (Å²) in [7, 11) is 0. The number of aromatic nitrogens is 2. The molecule has 0 unspecified atom stereocenters. The van der Waals surface area contributed by atoms with Gasteiger partial charge in [-0.25, -0.2) is 14.6 Å². The Morgan fingerprint density at radius 1 is 1.09 bits per heavy atom. The monoisotopic (exact) mass is 435 g/mol. The summed E-state index contributed by atoms with van der Waals surface area (Å²) >= 11 is 0. The number of anilines is 2. The first-order chi connectivity index (χ1) is 15.1. The maximum atomic E-state index is 12.5. The van der Waals surface area contributed by atoms with Crippen LogP contribution in [0.4, 0.5) is 16.3 Å². The number of aromatic amines is 1. The van der Waals surface area contributed by atoms with Gasteiger partial charge in [0.25, 0.3) is 5.91 Å². The van der Waals surface area contributed by atoms with Gasteiger partial charge in [-0.05, 0) is 53.8 Å². The Hall–Kier alpha value is -4.14. The summed E-state index contributed by atoms with van der Waals surface area (Å²) in [5, 5.41) is 14.3. The van der Waals surface area contributed by atoms with Gasteiger partial charge in [0.15, 0.2) is 5.69 Å². The first-order valence-corrected chi connectivity index (χ1v) is 10.0. The van der Waals surface area contributed by atoms with Crippen molar-refractivity contribution < 1.29 is 19.5 Å². The van der Waals surface area contributed by atoms with Gasteiger partial charge in [0.1, 0.15) is 11.6 Å². The fourth-order valence-corrected chi connectivity index (χ4v) is 3.41. The number of nitrogens with two attached hydrogens (primary N) is 1. The summed E-state index contributed by atoms with van der Waals surface area (Å²) in [6, 6.07) is 11.4. The molecule has 9 heteroatoms. The van der Waals surface area contributed by atoms with Crippen LogP contribution in [0, 0.1) is 6.92 Å². The molecule has 3 aromatic rings. The highest BCUT2D eigenvalue weighted by atomic mass is 16.4. The third kappa shape index (κ3) is 5.31. The van der Waals surface area contributed by atoms with Crippen LogP contribution >= 0.6 is 0 Å². The van der Waals surface area contributed by atoms with E-state index in [9.17, 15) is 14.4 Å². The average Bonchev–Trinajstić information content (AvgIpc) is 3.10. The van der Waals surface area contributed by atoms with Crippen molar-refractivity contribution in [3.05, 3.63) is 76.2 Å². The van der Waals surface area contributed by atoms with Crippen LogP contribution in [0.1, 0.15) is 63.1 Å². The molecule has 0 aliphatic rings. The molecule has 6 N–H and O–H groups in total. The molecule has 32 heavy (non-hydrogen) atoms. The molecular formula is C23H25N5O4. The molecule has 166 valence electrons. The molecule has 9 nitrogen and oxygen atoms in total. The number of aryl methyl sites for hydroxylation is 1. The van der Waals surface area contributed by atoms with Crippen molar-refractivity contribution >= 4 is 29.4 Å². The molecule has 0 aliphatic heterocycles. The van der Waals surface area contributed by atoms with Gasteiger partial charge >= 0.3 is 12.0 Å². The second-order valence-corrected chi connectivity index (χ2v) is 7.76.